The molecule has 0 aromatic heterocycles. The van der Waals surface area contributed by atoms with Gasteiger partial charge in [0.15, 0.2) is 0 Å². The van der Waals surface area contributed by atoms with Gasteiger partial charge in [0.2, 0.25) is 5.91 Å². The molecule has 1 aromatic rings. The lowest BCUT2D eigenvalue weighted by molar-refractivity contribution is -0.120. The standard InChI is InChI=1S/C16H24N2O/c1-12(2)8-9-17-16(19)11-18-15-10-14(15)13-6-4-3-5-7-13/h3-7,12,14-15,18H,8-11H2,1-2H3,(H,17,19). The van der Waals surface area contributed by atoms with Crippen molar-refractivity contribution in [2.24, 2.45) is 5.92 Å². The first-order valence-corrected chi connectivity index (χ1v) is 7.22. The molecule has 1 fully saturated rings. The second-order valence-corrected chi connectivity index (χ2v) is 5.77. The maximum atomic E-state index is 11.6. The van der Waals surface area contributed by atoms with Crippen molar-refractivity contribution < 1.29 is 4.79 Å². The summed E-state index contributed by atoms with van der Waals surface area (Å²) in [5.74, 6) is 1.34. The molecule has 0 aliphatic heterocycles. The fourth-order valence-corrected chi connectivity index (χ4v) is 2.28. The molecule has 2 N–H and O–H groups in total. The third kappa shape index (κ3) is 4.67. The van der Waals surface area contributed by atoms with Crippen molar-refractivity contribution in [3.63, 3.8) is 0 Å². The van der Waals surface area contributed by atoms with Gasteiger partial charge >= 0.3 is 0 Å². The van der Waals surface area contributed by atoms with Gasteiger partial charge in [0.1, 0.15) is 0 Å². The Bertz CT molecular complexity index is 402. The van der Waals surface area contributed by atoms with Crippen LogP contribution in [0.3, 0.4) is 0 Å². The fraction of sp³-hybridized carbons (Fsp3) is 0.562. The molecule has 3 nitrogen and oxygen atoms in total. The van der Waals surface area contributed by atoms with Gasteiger partial charge in [0, 0.05) is 18.5 Å². The van der Waals surface area contributed by atoms with E-state index in [1.54, 1.807) is 0 Å². The number of benzene rings is 1. The van der Waals surface area contributed by atoms with Crippen LogP contribution >= 0.6 is 0 Å². The van der Waals surface area contributed by atoms with Crippen LogP contribution in [0.15, 0.2) is 30.3 Å². The van der Waals surface area contributed by atoms with Crippen molar-refractivity contribution in [1.82, 2.24) is 10.6 Å². The summed E-state index contributed by atoms with van der Waals surface area (Å²) >= 11 is 0. The van der Waals surface area contributed by atoms with Gasteiger partial charge in [-0.15, -0.1) is 0 Å². The van der Waals surface area contributed by atoms with E-state index < -0.39 is 0 Å². The molecule has 19 heavy (non-hydrogen) atoms. The van der Waals surface area contributed by atoms with E-state index in [1.807, 2.05) is 6.07 Å². The first kappa shape index (κ1) is 14.1. The highest BCUT2D eigenvalue weighted by Crippen LogP contribution is 2.40. The number of amides is 1. The Kier molecular flexibility index (Phi) is 4.97. The van der Waals surface area contributed by atoms with Gasteiger partial charge in [0.05, 0.1) is 6.54 Å². The maximum Gasteiger partial charge on any atom is 0.233 e. The van der Waals surface area contributed by atoms with Gasteiger partial charge in [-0.1, -0.05) is 44.2 Å². The first-order chi connectivity index (χ1) is 9.16. The summed E-state index contributed by atoms with van der Waals surface area (Å²) in [4.78, 5) is 11.6. The van der Waals surface area contributed by atoms with E-state index in [2.05, 4.69) is 48.7 Å². The normalized spacial score (nSPS) is 21.4. The minimum absolute atomic E-state index is 0.111. The van der Waals surface area contributed by atoms with E-state index >= 15 is 0 Å². The molecule has 1 saturated carbocycles. The van der Waals surface area contributed by atoms with Crippen molar-refractivity contribution in [2.75, 3.05) is 13.1 Å². The smallest absolute Gasteiger partial charge is 0.233 e. The zero-order valence-electron chi connectivity index (χ0n) is 11.9. The van der Waals surface area contributed by atoms with E-state index in [4.69, 9.17) is 0 Å². The van der Waals surface area contributed by atoms with Crippen LogP contribution in [0.4, 0.5) is 0 Å². The molecular weight excluding hydrogens is 236 g/mol. The molecule has 1 aliphatic rings. The zero-order chi connectivity index (χ0) is 13.7. The molecule has 0 saturated heterocycles. The molecule has 0 spiro atoms. The van der Waals surface area contributed by atoms with E-state index in [9.17, 15) is 4.79 Å². The zero-order valence-corrected chi connectivity index (χ0v) is 11.9. The van der Waals surface area contributed by atoms with Crippen LogP contribution in [0.25, 0.3) is 0 Å². The van der Waals surface area contributed by atoms with E-state index in [-0.39, 0.29) is 5.91 Å². The lowest BCUT2D eigenvalue weighted by Gasteiger charge is -2.08. The first-order valence-electron chi connectivity index (χ1n) is 7.22. The molecule has 1 aromatic carbocycles. The average molecular weight is 260 g/mol. The van der Waals surface area contributed by atoms with Crippen molar-refractivity contribution >= 4 is 5.91 Å². The molecule has 1 amide bonds. The number of hydrogen-bond donors (Lipinski definition) is 2. The number of rotatable bonds is 7. The van der Waals surface area contributed by atoms with Gasteiger partial charge in [-0.25, -0.2) is 0 Å². The maximum absolute atomic E-state index is 11.6. The van der Waals surface area contributed by atoms with Crippen molar-refractivity contribution in [3.05, 3.63) is 35.9 Å². The SMILES string of the molecule is CC(C)CCNC(=O)CNC1CC1c1ccccc1. The molecule has 104 valence electrons. The summed E-state index contributed by atoms with van der Waals surface area (Å²) in [7, 11) is 0. The molecule has 1 aliphatic carbocycles. The van der Waals surface area contributed by atoms with Crippen molar-refractivity contribution in [1.29, 1.82) is 0 Å². The minimum atomic E-state index is 0.111. The van der Waals surface area contributed by atoms with E-state index in [0.717, 1.165) is 19.4 Å². The number of nitrogens with one attached hydrogen (secondary N) is 2. The van der Waals surface area contributed by atoms with E-state index in [1.165, 1.54) is 5.56 Å². The fourth-order valence-electron chi connectivity index (χ4n) is 2.28. The molecule has 0 bridgehead atoms. The van der Waals surface area contributed by atoms with Crippen LogP contribution < -0.4 is 10.6 Å². The van der Waals surface area contributed by atoms with Crippen LogP contribution in [0, 0.1) is 5.92 Å². The monoisotopic (exact) mass is 260 g/mol. The van der Waals surface area contributed by atoms with Crippen LogP contribution in [-0.4, -0.2) is 25.0 Å². The van der Waals surface area contributed by atoms with Gasteiger partial charge in [-0.05, 0) is 24.3 Å². The third-order valence-electron chi connectivity index (χ3n) is 3.59. The summed E-state index contributed by atoms with van der Waals surface area (Å²) in [6, 6.07) is 11.0. The molecule has 0 heterocycles. The second kappa shape index (κ2) is 6.71. The quantitative estimate of drug-likeness (QED) is 0.790. The predicted molar refractivity (Wildman–Crippen MR) is 78.1 cm³/mol. The Morgan fingerprint density at radius 1 is 1.32 bits per heavy atom. The van der Waals surface area contributed by atoms with Gasteiger partial charge in [-0.2, -0.15) is 0 Å². The second-order valence-electron chi connectivity index (χ2n) is 5.77. The predicted octanol–water partition coefficient (Wildman–Crippen LogP) is 2.29. The summed E-state index contributed by atoms with van der Waals surface area (Å²) in [6.45, 7) is 5.55. The summed E-state index contributed by atoms with van der Waals surface area (Å²) < 4.78 is 0. The average Bonchev–Trinajstić information content (AvgIpc) is 3.16. The van der Waals surface area contributed by atoms with Crippen LogP contribution in [0.1, 0.15) is 38.2 Å². The number of carbonyl (C=O) groups is 1. The molecule has 2 unspecified atom stereocenters. The summed E-state index contributed by atoms with van der Waals surface area (Å²) in [5.41, 5.74) is 1.38. The summed E-state index contributed by atoms with van der Waals surface area (Å²) in [5, 5.41) is 6.28. The Hall–Kier alpha value is -1.35. The van der Waals surface area contributed by atoms with Gasteiger partial charge in [-0.3, -0.25) is 4.79 Å². The highest BCUT2D eigenvalue weighted by atomic mass is 16.1. The molecule has 3 heteroatoms. The molecule has 0 radical (unpaired) electrons. The minimum Gasteiger partial charge on any atom is -0.355 e. The van der Waals surface area contributed by atoms with Crippen LogP contribution in [0.5, 0.6) is 0 Å². The third-order valence-corrected chi connectivity index (χ3v) is 3.59. The topological polar surface area (TPSA) is 41.1 Å². The van der Waals surface area contributed by atoms with Crippen LogP contribution in [-0.2, 0) is 4.79 Å². The number of carbonyl (C=O) groups excluding carboxylic acids is 1. The Balaban J connectivity index is 1.61. The molecular formula is C16H24N2O. The number of hydrogen-bond acceptors (Lipinski definition) is 2. The highest BCUT2D eigenvalue weighted by molar-refractivity contribution is 5.78. The lowest BCUT2D eigenvalue weighted by Crippen LogP contribution is -2.36. The van der Waals surface area contributed by atoms with E-state index in [0.29, 0.717) is 24.4 Å². The highest BCUT2D eigenvalue weighted by Gasteiger charge is 2.37. The molecule has 2 rings (SSSR count). The van der Waals surface area contributed by atoms with Crippen molar-refractivity contribution in [3.8, 4) is 0 Å². The Morgan fingerprint density at radius 2 is 2.05 bits per heavy atom. The lowest BCUT2D eigenvalue weighted by atomic mass is 10.1. The van der Waals surface area contributed by atoms with Crippen LogP contribution in [0.2, 0.25) is 0 Å². The van der Waals surface area contributed by atoms with Crippen molar-refractivity contribution in [2.45, 2.75) is 38.6 Å². The molecule has 2 atom stereocenters. The Labute approximate surface area is 115 Å². The Morgan fingerprint density at radius 3 is 2.74 bits per heavy atom. The largest absolute Gasteiger partial charge is 0.355 e. The summed E-state index contributed by atoms with van der Waals surface area (Å²) in [6.07, 6.45) is 2.19. The van der Waals surface area contributed by atoms with Gasteiger partial charge < -0.3 is 10.6 Å². The van der Waals surface area contributed by atoms with Gasteiger partial charge in [0.25, 0.3) is 0 Å².